The van der Waals surface area contributed by atoms with Crippen LogP contribution in [0.4, 0.5) is 10.5 Å². The van der Waals surface area contributed by atoms with Crippen LogP contribution in [0.1, 0.15) is 30.5 Å². The number of rotatable bonds is 3. The highest BCUT2D eigenvalue weighted by molar-refractivity contribution is 5.72. The maximum Gasteiger partial charge on any atom is 0.312 e. The van der Waals surface area contributed by atoms with E-state index in [4.69, 9.17) is 11.5 Å². The van der Waals surface area contributed by atoms with Crippen molar-refractivity contribution in [2.24, 2.45) is 5.73 Å². The van der Waals surface area contributed by atoms with E-state index in [2.05, 4.69) is 5.32 Å². The standard InChI is InChI=1S/C11H17N3O/c1-3-10(14-11(13)15)8-5-4-7(2)9(12)6-8/h4-6,10H,3,12H2,1-2H3,(H3,13,14,15). The summed E-state index contributed by atoms with van der Waals surface area (Å²) in [4.78, 5) is 10.8. The molecule has 0 radical (unpaired) electrons. The lowest BCUT2D eigenvalue weighted by molar-refractivity contribution is 0.245. The molecule has 0 heterocycles. The SMILES string of the molecule is CCC(NC(N)=O)c1ccc(C)c(N)c1. The summed E-state index contributed by atoms with van der Waals surface area (Å²) in [6.45, 7) is 3.93. The normalized spacial score (nSPS) is 12.1. The zero-order valence-electron chi connectivity index (χ0n) is 9.08. The number of carbonyl (C=O) groups is 1. The molecule has 15 heavy (non-hydrogen) atoms. The lowest BCUT2D eigenvalue weighted by Crippen LogP contribution is -2.32. The van der Waals surface area contributed by atoms with Gasteiger partial charge in [-0.05, 0) is 30.5 Å². The van der Waals surface area contributed by atoms with Gasteiger partial charge in [0.25, 0.3) is 0 Å². The molecule has 1 aromatic rings. The maximum atomic E-state index is 10.8. The smallest absolute Gasteiger partial charge is 0.312 e. The second-order valence-electron chi connectivity index (χ2n) is 3.59. The molecule has 2 amide bonds. The summed E-state index contributed by atoms with van der Waals surface area (Å²) in [5, 5.41) is 2.68. The van der Waals surface area contributed by atoms with Gasteiger partial charge in [0.2, 0.25) is 0 Å². The number of nitrogens with one attached hydrogen (secondary N) is 1. The molecule has 1 rings (SSSR count). The second kappa shape index (κ2) is 4.68. The third kappa shape index (κ3) is 2.87. The van der Waals surface area contributed by atoms with E-state index >= 15 is 0 Å². The van der Waals surface area contributed by atoms with E-state index in [9.17, 15) is 4.79 Å². The van der Waals surface area contributed by atoms with Crippen molar-refractivity contribution >= 4 is 11.7 Å². The predicted octanol–water partition coefficient (Wildman–Crippen LogP) is 1.70. The van der Waals surface area contributed by atoms with Gasteiger partial charge < -0.3 is 16.8 Å². The number of anilines is 1. The topological polar surface area (TPSA) is 81.1 Å². The number of hydrogen-bond acceptors (Lipinski definition) is 2. The summed E-state index contributed by atoms with van der Waals surface area (Å²) in [7, 11) is 0. The van der Waals surface area contributed by atoms with Crippen LogP contribution in [0.25, 0.3) is 0 Å². The van der Waals surface area contributed by atoms with Crippen molar-refractivity contribution < 1.29 is 4.79 Å². The van der Waals surface area contributed by atoms with Gasteiger partial charge in [-0.3, -0.25) is 0 Å². The summed E-state index contributed by atoms with van der Waals surface area (Å²) in [6, 6.07) is 5.19. The van der Waals surface area contributed by atoms with E-state index in [0.29, 0.717) is 0 Å². The lowest BCUT2D eigenvalue weighted by atomic mass is 10.0. The second-order valence-corrected chi connectivity index (χ2v) is 3.59. The number of aryl methyl sites for hydroxylation is 1. The average molecular weight is 207 g/mol. The quantitative estimate of drug-likeness (QED) is 0.659. The number of nitrogen functional groups attached to an aromatic ring is 1. The van der Waals surface area contributed by atoms with Gasteiger partial charge >= 0.3 is 6.03 Å². The third-order valence-corrected chi connectivity index (χ3v) is 2.43. The number of carbonyl (C=O) groups excluding carboxylic acids is 1. The van der Waals surface area contributed by atoms with Gasteiger partial charge in [-0.15, -0.1) is 0 Å². The Hall–Kier alpha value is -1.71. The van der Waals surface area contributed by atoms with E-state index in [1.54, 1.807) is 0 Å². The first-order valence-electron chi connectivity index (χ1n) is 4.96. The summed E-state index contributed by atoms with van der Waals surface area (Å²) in [6.07, 6.45) is 0.783. The van der Waals surface area contributed by atoms with Crippen LogP contribution in [0.2, 0.25) is 0 Å². The van der Waals surface area contributed by atoms with Gasteiger partial charge in [0, 0.05) is 5.69 Å². The molecule has 5 N–H and O–H groups in total. The van der Waals surface area contributed by atoms with Gasteiger partial charge in [-0.2, -0.15) is 0 Å². The molecular formula is C11H17N3O. The zero-order valence-corrected chi connectivity index (χ0v) is 9.08. The Morgan fingerprint density at radius 1 is 1.53 bits per heavy atom. The molecule has 0 aliphatic carbocycles. The Balaban J connectivity index is 2.92. The fourth-order valence-corrected chi connectivity index (χ4v) is 1.47. The number of primary amides is 1. The molecule has 0 aliphatic heterocycles. The summed E-state index contributed by atoms with van der Waals surface area (Å²) < 4.78 is 0. The molecule has 4 heteroatoms. The Morgan fingerprint density at radius 2 is 2.20 bits per heavy atom. The molecule has 0 bridgehead atoms. The summed E-state index contributed by atoms with van der Waals surface area (Å²) in [5.74, 6) is 0. The van der Waals surface area contributed by atoms with Crippen molar-refractivity contribution in [2.75, 3.05) is 5.73 Å². The molecule has 0 saturated heterocycles. The van der Waals surface area contributed by atoms with E-state index in [0.717, 1.165) is 23.2 Å². The van der Waals surface area contributed by atoms with Crippen LogP contribution in [-0.4, -0.2) is 6.03 Å². The number of hydrogen-bond donors (Lipinski definition) is 3. The zero-order chi connectivity index (χ0) is 11.4. The Kier molecular flexibility index (Phi) is 3.55. The van der Waals surface area contributed by atoms with Crippen molar-refractivity contribution in [1.29, 1.82) is 0 Å². The van der Waals surface area contributed by atoms with Crippen LogP contribution < -0.4 is 16.8 Å². The Morgan fingerprint density at radius 3 is 2.67 bits per heavy atom. The monoisotopic (exact) mass is 207 g/mol. The minimum absolute atomic E-state index is 0.0644. The molecule has 0 aliphatic rings. The van der Waals surface area contributed by atoms with E-state index in [1.165, 1.54) is 0 Å². The third-order valence-electron chi connectivity index (χ3n) is 2.43. The fraction of sp³-hybridized carbons (Fsp3) is 0.364. The molecule has 82 valence electrons. The van der Waals surface area contributed by atoms with Gasteiger partial charge in [0.05, 0.1) is 6.04 Å². The van der Waals surface area contributed by atoms with Crippen LogP contribution in [0.15, 0.2) is 18.2 Å². The van der Waals surface area contributed by atoms with Crippen LogP contribution >= 0.6 is 0 Å². The number of benzene rings is 1. The molecule has 0 fully saturated rings. The van der Waals surface area contributed by atoms with Gasteiger partial charge in [-0.25, -0.2) is 4.79 Å². The lowest BCUT2D eigenvalue weighted by Gasteiger charge is -2.16. The minimum atomic E-state index is -0.513. The fourth-order valence-electron chi connectivity index (χ4n) is 1.47. The largest absolute Gasteiger partial charge is 0.399 e. The molecule has 0 saturated carbocycles. The molecular weight excluding hydrogens is 190 g/mol. The molecule has 1 unspecified atom stereocenters. The minimum Gasteiger partial charge on any atom is -0.399 e. The Bertz CT molecular complexity index is 363. The van der Waals surface area contributed by atoms with Crippen molar-refractivity contribution in [3.8, 4) is 0 Å². The first-order valence-corrected chi connectivity index (χ1v) is 4.96. The maximum absolute atomic E-state index is 10.8. The average Bonchev–Trinajstić information content (AvgIpc) is 2.18. The summed E-state index contributed by atoms with van der Waals surface area (Å²) >= 11 is 0. The highest BCUT2D eigenvalue weighted by atomic mass is 16.2. The van der Waals surface area contributed by atoms with Gasteiger partial charge in [0.15, 0.2) is 0 Å². The van der Waals surface area contributed by atoms with Crippen molar-refractivity contribution in [3.05, 3.63) is 29.3 Å². The number of urea groups is 1. The van der Waals surface area contributed by atoms with Crippen LogP contribution in [-0.2, 0) is 0 Å². The van der Waals surface area contributed by atoms with Gasteiger partial charge in [0.1, 0.15) is 0 Å². The van der Waals surface area contributed by atoms with Crippen molar-refractivity contribution in [3.63, 3.8) is 0 Å². The Labute approximate surface area is 89.6 Å². The molecule has 0 aromatic heterocycles. The van der Waals surface area contributed by atoms with E-state index < -0.39 is 6.03 Å². The number of amides is 2. The van der Waals surface area contributed by atoms with Crippen LogP contribution in [0, 0.1) is 6.92 Å². The first-order chi connectivity index (χ1) is 7.04. The highest BCUT2D eigenvalue weighted by Crippen LogP contribution is 2.21. The molecule has 0 spiro atoms. The predicted molar refractivity (Wildman–Crippen MR) is 61.3 cm³/mol. The highest BCUT2D eigenvalue weighted by Gasteiger charge is 2.11. The van der Waals surface area contributed by atoms with Crippen LogP contribution in [0.3, 0.4) is 0 Å². The van der Waals surface area contributed by atoms with Crippen molar-refractivity contribution in [1.82, 2.24) is 5.32 Å². The van der Waals surface area contributed by atoms with Crippen LogP contribution in [0.5, 0.6) is 0 Å². The molecule has 1 aromatic carbocycles. The first kappa shape index (κ1) is 11.4. The molecule has 4 nitrogen and oxygen atoms in total. The van der Waals surface area contributed by atoms with E-state index in [1.807, 2.05) is 32.0 Å². The van der Waals surface area contributed by atoms with Crippen molar-refractivity contribution in [2.45, 2.75) is 26.3 Å². The van der Waals surface area contributed by atoms with E-state index in [-0.39, 0.29) is 6.04 Å². The van der Waals surface area contributed by atoms with Gasteiger partial charge in [-0.1, -0.05) is 19.1 Å². The molecule has 1 atom stereocenters. The number of nitrogens with two attached hydrogens (primary N) is 2. The summed E-state index contributed by atoms with van der Waals surface area (Å²) in [5.41, 5.74) is 13.6.